The highest BCUT2D eigenvalue weighted by atomic mass is 16.4. The Morgan fingerprint density at radius 3 is 2.46 bits per heavy atom. The summed E-state index contributed by atoms with van der Waals surface area (Å²) in [6, 6.07) is -1.48. The Labute approximate surface area is 149 Å². The van der Waals surface area contributed by atoms with E-state index >= 15 is 0 Å². The number of nitrogens with one attached hydrogen (secondary N) is 3. The molecule has 0 spiro atoms. The number of carbonyl (C=O) groups excluding carboxylic acids is 3. The molecule has 2 aliphatic rings. The molecule has 3 heterocycles. The molecule has 6 N–H and O–H groups in total. The van der Waals surface area contributed by atoms with Crippen molar-refractivity contribution in [1.82, 2.24) is 25.5 Å². The van der Waals surface area contributed by atoms with Crippen LogP contribution < -0.4 is 16.4 Å². The summed E-state index contributed by atoms with van der Waals surface area (Å²) >= 11 is 0. The molecule has 2 fully saturated rings. The fraction of sp³-hybridized carbons (Fsp3) is 0.533. The van der Waals surface area contributed by atoms with Gasteiger partial charge in [0.15, 0.2) is 0 Å². The average Bonchev–Trinajstić information content (AvgIpc) is 3.29. The highest BCUT2D eigenvalue weighted by Gasteiger charge is 2.36. The third kappa shape index (κ3) is 5.02. The van der Waals surface area contributed by atoms with E-state index in [9.17, 15) is 19.2 Å². The van der Waals surface area contributed by atoms with Gasteiger partial charge in [-0.1, -0.05) is 0 Å². The molecule has 3 rings (SSSR count). The van der Waals surface area contributed by atoms with Gasteiger partial charge in [-0.2, -0.15) is 0 Å². The molecule has 2 aliphatic heterocycles. The van der Waals surface area contributed by atoms with Crippen LogP contribution in [0.5, 0.6) is 0 Å². The van der Waals surface area contributed by atoms with Crippen LogP contribution in [0.3, 0.4) is 0 Å². The number of carboxylic acids is 1. The van der Waals surface area contributed by atoms with Crippen molar-refractivity contribution >= 4 is 23.7 Å². The molecule has 0 bridgehead atoms. The lowest BCUT2D eigenvalue weighted by Gasteiger charge is -2.24. The standard InChI is InChI=1S/C11H16N4O3.C4H6N2O2/c12-8(4-7-5-13-6-14-7)10(16)15-3-1-2-9(15)11(17)18;7-3-4(8)6-2-1-5-3/h5-6,8-9H,1-4,12H2,(H,13,14)(H,17,18);1-2H2,(H,5,7)(H,6,8). The molecule has 0 aliphatic carbocycles. The zero-order chi connectivity index (χ0) is 19.1. The minimum Gasteiger partial charge on any atom is -0.480 e. The molecular weight excluding hydrogens is 344 g/mol. The SMILES string of the molecule is NC(Cc1c[nH]cn1)C(=O)N1CCCC1C(=O)O.O=C1NCCNC1=O. The van der Waals surface area contributed by atoms with Crippen molar-refractivity contribution in [2.24, 2.45) is 5.73 Å². The Bertz CT molecular complexity index is 645. The van der Waals surface area contributed by atoms with Crippen molar-refractivity contribution in [2.75, 3.05) is 19.6 Å². The van der Waals surface area contributed by atoms with Gasteiger partial charge in [0, 0.05) is 32.3 Å². The van der Waals surface area contributed by atoms with Gasteiger partial charge >= 0.3 is 17.8 Å². The van der Waals surface area contributed by atoms with Crippen LogP contribution in [0.4, 0.5) is 0 Å². The van der Waals surface area contributed by atoms with E-state index in [0.29, 0.717) is 44.6 Å². The van der Waals surface area contributed by atoms with Crippen molar-refractivity contribution in [1.29, 1.82) is 0 Å². The second kappa shape index (κ2) is 8.94. The number of amides is 3. The van der Waals surface area contributed by atoms with Crippen molar-refractivity contribution in [2.45, 2.75) is 31.3 Å². The molecule has 11 heteroatoms. The van der Waals surface area contributed by atoms with Gasteiger partial charge in [0.1, 0.15) is 6.04 Å². The third-order valence-corrected chi connectivity index (χ3v) is 4.02. The van der Waals surface area contributed by atoms with Gasteiger partial charge in [-0.15, -0.1) is 0 Å². The Kier molecular flexibility index (Phi) is 6.67. The van der Waals surface area contributed by atoms with E-state index in [4.69, 9.17) is 10.8 Å². The van der Waals surface area contributed by atoms with Crippen LogP contribution in [0.1, 0.15) is 18.5 Å². The van der Waals surface area contributed by atoms with Gasteiger partial charge in [-0.3, -0.25) is 14.4 Å². The number of aliphatic carboxylic acids is 1. The Balaban J connectivity index is 0.000000254. The lowest BCUT2D eigenvalue weighted by atomic mass is 10.1. The number of aromatic amines is 1. The molecule has 142 valence electrons. The molecule has 26 heavy (non-hydrogen) atoms. The molecule has 3 amide bonds. The number of nitrogens with two attached hydrogens (primary N) is 1. The Morgan fingerprint density at radius 1 is 1.31 bits per heavy atom. The number of nitrogens with zero attached hydrogens (tertiary/aromatic N) is 2. The predicted octanol–water partition coefficient (Wildman–Crippen LogP) is -2.41. The predicted molar refractivity (Wildman–Crippen MR) is 88.7 cm³/mol. The number of aromatic nitrogens is 2. The summed E-state index contributed by atoms with van der Waals surface area (Å²) in [6.45, 7) is 1.55. The smallest absolute Gasteiger partial charge is 0.326 e. The summed E-state index contributed by atoms with van der Waals surface area (Å²) in [5.74, 6) is -2.34. The first-order valence-corrected chi connectivity index (χ1v) is 8.22. The van der Waals surface area contributed by atoms with E-state index in [1.165, 1.54) is 11.2 Å². The fourth-order valence-electron chi connectivity index (χ4n) is 2.73. The van der Waals surface area contributed by atoms with Crippen LogP contribution in [0.2, 0.25) is 0 Å². The number of H-pyrrole nitrogens is 1. The zero-order valence-electron chi connectivity index (χ0n) is 14.1. The maximum atomic E-state index is 12.1. The summed E-state index contributed by atoms with van der Waals surface area (Å²) in [5.41, 5.74) is 6.51. The Hall–Kier alpha value is -2.95. The summed E-state index contributed by atoms with van der Waals surface area (Å²) in [4.78, 5) is 51.8. The molecule has 2 unspecified atom stereocenters. The minimum atomic E-state index is -0.965. The molecular formula is C15H22N6O5. The first-order chi connectivity index (χ1) is 12.4. The number of piperazine rings is 1. The van der Waals surface area contributed by atoms with E-state index in [1.54, 1.807) is 6.20 Å². The second-order valence-electron chi connectivity index (χ2n) is 5.91. The molecule has 0 saturated carbocycles. The molecule has 2 saturated heterocycles. The zero-order valence-corrected chi connectivity index (χ0v) is 14.1. The number of likely N-dealkylation sites (tertiary alicyclic amines) is 1. The van der Waals surface area contributed by atoms with Crippen molar-refractivity contribution in [3.63, 3.8) is 0 Å². The average molecular weight is 366 g/mol. The van der Waals surface area contributed by atoms with Gasteiger partial charge in [0.05, 0.1) is 18.1 Å². The molecule has 0 aromatic carbocycles. The van der Waals surface area contributed by atoms with Crippen LogP contribution in [0.15, 0.2) is 12.5 Å². The van der Waals surface area contributed by atoms with Gasteiger partial charge in [-0.25, -0.2) is 9.78 Å². The summed E-state index contributed by atoms with van der Waals surface area (Å²) < 4.78 is 0. The monoisotopic (exact) mass is 366 g/mol. The van der Waals surface area contributed by atoms with Crippen LogP contribution >= 0.6 is 0 Å². The fourth-order valence-corrected chi connectivity index (χ4v) is 2.73. The Morgan fingerprint density at radius 2 is 1.96 bits per heavy atom. The first-order valence-electron chi connectivity index (χ1n) is 8.22. The maximum absolute atomic E-state index is 12.1. The van der Waals surface area contributed by atoms with Gasteiger partial charge in [-0.05, 0) is 12.8 Å². The number of hydrogen-bond acceptors (Lipinski definition) is 6. The van der Waals surface area contributed by atoms with E-state index in [1.807, 2.05) is 0 Å². The van der Waals surface area contributed by atoms with Gasteiger partial charge in [0.2, 0.25) is 5.91 Å². The van der Waals surface area contributed by atoms with Crippen LogP contribution in [0.25, 0.3) is 0 Å². The highest BCUT2D eigenvalue weighted by Crippen LogP contribution is 2.18. The number of carboxylic acid groups (broad SMARTS) is 1. The van der Waals surface area contributed by atoms with E-state index in [0.717, 1.165) is 0 Å². The number of carbonyl (C=O) groups is 4. The van der Waals surface area contributed by atoms with Crippen LogP contribution in [-0.4, -0.2) is 75.4 Å². The van der Waals surface area contributed by atoms with E-state index in [-0.39, 0.29) is 5.91 Å². The highest BCUT2D eigenvalue weighted by molar-refractivity contribution is 6.35. The summed E-state index contributed by atoms with van der Waals surface area (Å²) in [7, 11) is 0. The topological polar surface area (TPSA) is 171 Å². The van der Waals surface area contributed by atoms with Gasteiger partial charge < -0.3 is 31.4 Å². The summed E-state index contributed by atoms with van der Waals surface area (Å²) in [5, 5.41) is 13.8. The number of rotatable bonds is 4. The van der Waals surface area contributed by atoms with Crippen molar-refractivity contribution in [3.05, 3.63) is 18.2 Å². The van der Waals surface area contributed by atoms with E-state index in [2.05, 4.69) is 20.6 Å². The van der Waals surface area contributed by atoms with Gasteiger partial charge in [0.25, 0.3) is 0 Å². The summed E-state index contributed by atoms with van der Waals surface area (Å²) in [6.07, 6.45) is 4.70. The number of imidazole rings is 1. The molecule has 1 aromatic rings. The lowest BCUT2D eigenvalue weighted by Crippen LogP contribution is -2.49. The van der Waals surface area contributed by atoms with Crippen LogP contribution in [0, 0.1) is 0 Å². The third-order valence-electron chi connectivity index (χ3n) is 4.02. The quantitative estimate of drug-likeness (QED) is 0.369. The lowest BCUT2D eigenvalue weighted by molar-refractivity contribution is -0.148. The molecule has 2 atom stereocenters. The van der Waals surface area contributed by atoms with E-state index < -0.39 is 29.9 Å². The first kappa shape index (κ1) is 19.4. The molecule has 1 aromatic heterocycles. The largest absolute Gasteiger partial charge is 0.480 e. The van der Waals surface area contributed by atoms with Crippen molar-refractivity contribution in [3.8, 4) is 0 Å². The second-order valence-corrected chi connectivity index (χ2v) is 5.91. The molecule has 0 radical (unpaired) electrons. The minimum absolute atomic E-state index is 0.311. The maximum Gasteiger partial charge on any atom is 0.326 e. The normalized spacial score (nSPS) is 20.5. The number of hydrogen-bond donors (Lipinski definition) is 5. The van der Waals surface area contributed by atoms with Crippen molar-refractivity contribution < 1.29 is 24.3 Å². The molecule has 11 nitrogen and oxygen atoms in total. The van der Waals surface area contributed by atoms with Crippen LogP contribution in [-0.2, 0) is 25.6 Å².